The summed E-state index contributed by atoms with van der Waals surface area (Å²) in [5, 5.41) is 19.0. The van der Waals surface area contributed by atoms with Crippen molar-refractivity contribution >= 4 is 11.9 Å². The third-order valence-electron chi connectivity index (χ3n) is 2.21. The first-order valence-corrected chi connectivity index (χ1v) is 5.88. The smallest absolute Gasteiger partial charge is 0.548 e. The topological polar surface area (TPSA) is 80.7 Å². The number of carbonyl (C=O) groups excluding carboxylic acids is 1. The van der Waals surface area contributed by atoms with Crippen LogP contribution in [0.25, 0.3) is 0 Å². The molecule has 0 saturated carbocycles. The Labute approximate surface area is 130 Å². The standard InChI is InChI=1S/C12H21NO4.Na/c1-2-3-4-5-6-7-8-13(9-11(14)15)10-12(16)17;/h7-8H,2-6,9-10H2,1H3,(H,14,15)(H,16,17);/q;+1/p-1/b8-7+;. The van der Waals surface area contributed by atoms with Crippen molar-refractivity contribution in [2.75, 3.05) is 13.1 Å². The van der Waals surface area contributed by atoms with Crippen LogP contribution in [0.5, 0.6) is 0 Å². The quantitative estimate of drug-likeness (QED) is 0.352. The van der Waals surface area contributed by atoms with Gasteiger partial charge in [0.05, 0.1) is 12.5 Å². The van der Waals surface area contributed by atoms with Crippen molar-refractivity contribution in [3.63, 3.8) is 0 Å². The van der Waals surface area contributed by atoms with E-state index in [9.17, 15) is 14.7 Å². The molecule has 0 aromatic rings. The number of carboxylic acids is 2. The summed E-state index contributed by atoms with van der Waals surface area (Å²) in [6.45, 7) is 1.42. The predicted octanol–water partition coefficient (Wildman–Crippen LogP) is -2.39. The Morgan fingerprint density at radius 2 is 1.89 bits per heavy atom. The molecule has 0 aliphatic carbocycles. The minimum atomic E-state index is -1.28. The number of hydrogen-bond acceptors (Lipinski definition) is 4. The minimum absolute atomic E-state index is 0. The van der Waals surface area contributed by atoms with Crippen molar-refractivity contribution < 1.29 is 49.4 Å². The molecular formula is C12H20NNaO4. The summed E-state index contributed by atoms with van der Waals surface area (Å²) in [4.78, 5) is 22.1. The first-order valence-electron chi connectivity index (χ1n) is 5.88. The maximum absolute atomic E-state index is 10.5. The van der Waals surface area contributed by atoms with Gasteiger partial charge in [0, 0.05) is 0 Å². The number of aliphatic carboxylic acids is 2. The van der Waals surface area contributed by atoms with Crippen molar-refractivity contribution in [2.24, 2.45) is 0 Å². The summed E-state index contributed by atoms with van der Waals surface area (Å²) in [5.74, 6) is -2.33. The number of carbonyl (C=O) groups is 2. The molecule has 18 heavy (non-hydrogen) atoms. The monoisotopic (exact) mass is 265 g/mol. The van der Waals surface area contributed by atoms with E-state index in [0.717, 1.165) is 19.3 Å². The Morgan fingerprint density at radius 3 is 2.39 bits per heavy atom. The Bertz CT molecular complexity index is 253. The van der Waals surface area contributed by atoms with Crippen molar-refractivity contribution in [2.45, 2.75) is 39.0 Å². The molecule has 98 valence electrons. The van der Waals surface area contributed by atoms with Gasteiger partial charge in [-0.15, -0.1) is 0 Å². The van der Waals surface area contributed by atoms with Crippen LogP contribution in [0, 0.1) is 0 Å². The van der Waals surface area contributed by atoms with Gasteiger partial charge >= 0.3 is 35.5 Å². The van der Waals surface area contributed by atoms with Gasteiger partial charge in [-0.2, -0.15) is 0 Å². The van der Waals surface area contributed by atoms with Gasteiger partial charge in [0.25, 0.3) is 0 Å². The van der Waals surface area contributed by atoms with E-state index in [1.807, 2.05) is 6.08 Å². The van der Waals surface area contributed by atoms with E-state index < -0.39 is 18.5 Å². The van der Waals surface area contributed by atoms with Gasteiger partial charge in [-0.3, -0.25) is 4.79 Å². The average molecular weight is 265 g/mol. The van der Waals surface area contributed by atoms with E-state index in [1.165, 1.54) is 23.9 Å². The Balaban J connectivity index is 0. The molecule has 0 rings (SSSR count). The largest absolute Gasteiger partial charge is 1.00 e. The van der Waals surface area contributed by atoms with Gasteiger partial charge in [0.15, 0.2) is 0 Å². The van der Waals surface area contributed by atoms with Gasteiger partial charge in [0.1, 0.15) is 6.54 Å². The van der Waals surface area contributed by atoms with Crippen molar-refractivity contribution in [1.29, 1.82) is 0 Å². The Hall–Kier alpha value is -0.520. The number of nitrogens with zero attached hydrogens (tertiary/aromatic N) is 1. The van der Waals surface area contributed by atoms with Crippen LogP contribution in [0.15, 0.2) is 12.3 Å². The summed E-state index contributed by atoms with van der Waals surface area (Å²) in [6.07, 6.45) is 8.70. The summed E-state index contributed by atoms with van der Waals surface area (Å²) >= 11 is 0. The van der Waals surface area contributed by atoms with Crippen LogP contribution >= 0.6 is 0 Å². The van der Waals surface area contributed by atoms with E-state index in [1.54, 1.807) is 0 Å². The van der Waals surface area contributed by atoms with Crippen LogP contribution in [-0.4, -0.2) is 35.0 Å². The van der Waals surface area contributed by atoms with Crippen LogP contribution in [-0.2, 0) is 9.59 Å². The number of unbranched alkanes of at least 4 members (excludes halogenated alkanes) is 4. The SMILES string of the molecule is CCCCCC/C=C/N(CC(=O)[O-])CC(=O)O.[Na+]. The molecule has 0 bridgehead atoms. The van der Waals surface area contributed by atoms with Gasteiger partial charge in [-0.05, 0) is 19.0 Å². The molecule has 6 heteroatoms. The van der Waals surface area contributed by atoms with E-state index in [4.69, 9.17) is 5.11 Å². The summed E-state index contributed by atoms with van der Waals surface area (Å²) in [7, 11) is 0. The normalized spacial score (nSPS) is 10.1. The van der Waals surface area contributed by atoms with E-state index >= 15 is 0 Å². The molecule has 0 aliphatic rings. The first-order chi connectivity index (χ1) is 8.06. The Morgan fingerprint density at radius 1 is 1.22 bits per heavy atom. The fourth-order valence-electron chi connectivity index (χ4n) is 1.41. The molecule has 0 fully saturated rings. The maximum Gasteiger partial charge on any atom is 1.00 e. The van der Waals surface area contributed by atoms with E-state index in [2.05, 4.69) is 6.92 Å². The second-order valence-corrected chi connectivity index (χ2v) is 3.90. The summed E-state index contributed by atoms with van der Waals surface area (Å²) < 4.78 is 0. The molecule has 0 saturated heterocycles. The summed E-state index contributed by atoms with van der Waals surface area (Å²) in [6, 6.07) is 0. The molecule has 0 aromatic heterocycles. The molecule has 0 unspecified atom stereocenters. The van der Waals surface area contributed by atoms with Gasteiger partial charge in [-0.1, -0.05) is 32.3 Å². The summed E-state index contributed by atoms with van der Waals surface area (Å²) in [5.41, 5.74) is 0. The number of rotatable bonds is 10. The number of allylic oxidation sites excluding steroid dienone is 1. The second-order valence-electron chi connectivity index (χ2n) is 3.90. The van der Waals surface area contributed by atoms with Crippen LogP contribution < -0.4 is 34.7 Å². The fourth-order valence-corrected chi connectivity index (χ4v) is 1.41. The van der Waals surface area contributed by atoms with Crippen LogP contribution in [0.4, 0.5) is 0 Å². The fraction of sp³-hybridized carbons (Fsp3) is 0.667. The molecule has 0 aliphatic heterocycles. The third-order valence-corrected chi connectivity index (χ3v) is 2.21. The van der Waals surface area contributed by atoms with Crippen molar-refractivity contribution in [1.82, 2.24) is 4.90 Å². The predicted molar refractivity (Wildman–Crippen MR) is 62.1 cm³/mol. The van der Waals surface area contributed by atoms with Gasteiger partial charge < -0.3 is 19.9 Å². The molecular weight excluding hydrogens is 245 g/mol. The van der Waals surface area contributed by atoms with Gasteiger partial charge in [-0.25, -0.2) is 0 Å². The zero-order chi connectivity index (χ0) is 13.1. The Kier molecular flexibility index (Phi) is 14.2. The van der Waals surface area contributed by atoms with E-state index in [0.29, 0.717) is 0 Å². The minimum Gasteiger partial charge on any atom is -0.548 e. The van der Waals surface area contributed by atoms with Crippen LogP contribution in [0.2, 0.25) is 0 Å². The van der Waals surface area contributed by atoms with E-state index in [-0.39, 0.29) is 36.1 Å². The van der Waals surface area contributed by atoms with Crippen LogP contribution in [0.1, 0.15) is 39.0 Å². The zero-order valence-corrected chi connectivity index (χ0v) is 13.2. The number of hydrogen-bond donors (Lipinski definition) is 1. The van der Waals surface area contributed by atoms with Crippen molar-refractivity contribution in [3.05, 3.63) is 12.3 Å². The second kappa shape index (κ2) is 12.9. The molecule has 0 spiro atoms. The first kappa shape index (κ1) is 19.8. The molecule has 0 aromatic carbocycles. The molecule has 0 amide bonds. The zero-order valence-electron chi connectivity index (χ0n) is 11.2. The molecule has 5 nitrogen and oxygen atoms in total. The molecule has 0 atom stereocenters. The average Bonchev–Trinajstić information content (AvgIpc) is 2.21. The maximum atomic E-state index is 10.5. The third kappa shape index (κ3) is 13.5. The number of carboxylic acid groups (broad SMARTS) is 2. The van der Waals surface area contributed by atoms with Gasteiger partial charge in [0.2, 0.25) is 0 Å². The molecule has 1 N–H and O–H groups in total. The molecule has 0 heterocycles. The van der Waals surface area contributed by atoms with Crippen molar-refractivity contribution in [3.8, 4) is 0 Å². The van der Waals surface area contributed by atoms with Crippen LogP contribution in [0.3, 0.4) is 0 Å². The molecule has 0 radical (unpaired) electrons.